The monoisotopic (exact) mass is 231 g/mol. The van der Waals surface area contributed by atoms with Crippen molar-refractivity contribution in [1.29, 1.82) is 0 Å². The maximum absolute atomic E-state index is 10.5. The summed E-state index contributed by atoms with van der Waals surface area (Å²) in [5.74, 6) is 0. The van der Waals surface area contributed by atoms with E-state index >= 15 is 0 Å². The summed E-state index contributed by atoms with van der Waals surface area (Å²) in [5.41, 5.74) is 3.21. The summed E-state index contributed by atoms with van der Waals surface area (Å²) in [4.78, 5) is 14.7. The summed E-state index contributed by atoms with van der Waals surface area (Å²) in [7, 11) is 0. The van der Waals surface area contributed by atoms with E-state index in [1.165, 1.54) is 11.1 Å². The normalized spacial score (nSPS) is 10.3. The molecule has 0 bridgehead atoms. The lowest BCUT2D eigenvalue weighted by Gasteiger charge is -2.03. The summed E-state index contributed by atoms with van der Waals surface area (Å²) in [5, 5.41) is 2.84. The Balaban J connectivity index is 2.02. The number of nitrogens with zero attached hydrogens (tertiary/aromatic N) is 1. The number of thiazole rings is 1. The Kier molecular flexibility index (Phi) is 3.47. The smallest absolute Gasteiger partial charge is 0.169 e. The molecule has 2 nitrogen and oxygen atoms in total. The molecule has 3 heteroatoms. The Bertz CT molecular complexity index is 490. The highest BCUT2D eigenvalue weighted by Gasteiger charge is 2.02. The zero-order valence-electron chi connectivity index (χ0n) is 9.14. The van der Waals surface area contributed by atoms with Crippen LogP contribution in [0.2, 0.25) is 0 Å². The number of aryl methyl sites for hydroxylation is 3. The van der Waals surface area contributed by atoms with Crippen molar-refractivity contribution < 1.29 is 4.79 Å². The van der Waals surface area contributed by atoms with Gasteiger partial charge < -0.3 is 0 Å². The van der Waals surface area contributed by atoms with Crippen molar-refractivity contribution in [3.8, 4) is 0 Å². The Morgan fingerprint density at radius 3 is 2.81 bits per heavy atom. The third-order valence-electron chi connectivity index (χ3n) is 2.56. The molecule has 0 spiro atoms. The first-order chi connectivity index (χ1) is 7.79. The average Bonchev–Trinajstić information content (AvgIpc) is 2.76. The molecular formula is C13H13NOS. The van der Waals surface area contributed by atoms with Crippen molar-refractivity contribution in [2.45, 2.75) is 19.8 Å². The van der Waals surface area contributed by atoms with Gasteiger partial charge in [-0.2, -0.15) is 0 Å². The van der Waals surface area contributed by atoms with Crippen LogP contribution in [0.5, 0.6) is 0 Å². The minimum atomic E-state index is 0.546. The highest BCUT2D eigenvalue weighted by Crippen LogP contribution is 2.14. The molecule has 0 radical (unpaired) electrons. The average molecular weight is 231 g/mol. The number of benzene rings is 1. The van der Waals surface area contributed by atoms with E-state index in [1.54, 1.807) is 16.7 Å². The fraction of sp³-hybridized carbons (Fsp3) is 0.231. The molecule has 0 saturated heterocycles. The molecule has 0 unspecified atom stereocenters. The molecular weight excluding hydrogens is 218 g/mol. The minimum absolute atomic E-state index is 0.546. The molecule has 0 atom stereocenters. The van der Waals surface area contributed by atoms with Crippen LogP contribution in [0.25, 0.3) is 0 Å². The second-order valence-electron chi connectivity index (χ2n) is 3.71. The summed E-state index contributed by atoms with van der Waals surface area (Å²) in [6.07, 6.45) is 2.69. The van der Waals surface area contributed by atoms with Crippen molar-refractivity contribution in [2.24, 2.45) is 0 Å². The van der Waals surface area contributed by atoms with Gasteiger partial charge in [0.05, 0.1) is 5.01 Å². The quantitative estimate of drug-likeness (QED) is 0.757. The molecule has 0 aliphatic carbocycles. The SMILES string of the molecule is Cc1ccccc1CCc1nc(C=O)cs1. The van der Waals surface area contributed by atoms with Gasteiger partial charge in [0, 0.05) is 11.8 Å². The van der Waals surface area contributed by atoms with Gasteiger partial charge >= 0.3 is 0 Å². The molecule has 82 valence electrons. The number of aromatic nitrogens is 1. The number of aldehydes is 1. The first-order valence-corrected chi connectivity index (χ1v) is 6.11. The molecule has 0 fully saturated rings. The molecule has 0 amide bonds. The van der Waals surface area contributed by atoms with Gasteiger partial charge in [-0.1, -0.05) is 24.3 Å². The van der Waals surface area contributed by atoms with E-state index in [-0.39, 0.29) is 0 Å². The van der Waals surface area contributed by atoms with Gasteiger partial charge in [-0.3, -0.25) is 4.79 Å². The van der Waals surface area contributed by atoms with Crippen LogP contribution in [0.1, 0.15) is 26.6 Å². The molecule has 1 aromatic heterocycles. The standard InChI is InChI=1S/C13H13NOS/c1-10-4-2-3-5-11(10)6-7-13-14-12(8-15)9-16-13/h2-5,8-9H,6-7H2,1H3. The second kappa shape index (κ2) is 5.03. The van der Waals surface area contributed by atoms with Gasteiger partial charge in [0.25, 0.3) is 0 Å². The van der Waals surface area contributed by atoms with Crippen LogP contribution in [-0.4, -0.2) is 11.3 Å². The summed E-state index contributed by atoms with van der Waals surface area (Å²) in [6.45, 7) is 2.12. The first kappa shape index (κ1) is 11.0. The van der Waals surface area contributed by atoms with Gasteiger partial charge in [-0.05, 0) is 24.5 Å². The molecule has 2 rings (SSSR count). The fourth-order valence-corrected chi connectivity index (χ4v) is 2.37. The van der Waals surface area contributed by atoms with Gasteiger partial charge in [-0.25, -0.2) is 4.98 Å². The molecule has 0 aliphatic rings. The number of hydrogen-bond donors (Lipinski definition) is 0. The maximum Gasteiger partial charge on any atom is 0.169 e. The Hall–Kier alpha value is -1.48. The van der Waals surface area contributed by atoms with Gasteiger partial charge in [0.1, 0.15) is 5.69 Å². The number of rotatable bonds is 4. The van der Waals surface area contributed by atoms with Crippen molar-refractivity contribution in [2.75, 3.05) is 0 Å². The summed E-state index contributed by atoms with van der Waals surface area (Å²) in [6, 6.07) is 8.37. The van der Waals surface area contributed by atoms with Crippen LogP contribution in [0, 0.1) is 6.92 Å². The molecule has 1 aromatic carbocycles. The van der Waals surface area contributed by atoms with E-state index in [9.17, 15) is 4.79 Å². The van der Waals surface area contributed by atoms with E-state index in [2.05, 4.69) is 30.1 Å². The number of carbonyl (C=O) groups is 1. The van der Waals surface area contributed by atoms with Gasteiger partial charge in [0.15, 0.2) is 6.29 Å². The van der Waals surface area contributed by atoms with E-state index in [1.807, 2.05) is 6.07 Å². The zero-order chi connectivity index (χ0) is 11.4. The molecule has 0 aliphatic heterocycles. The van der Waals surface area contributed by atoms with E-state index in [4.69, 9.17) is 0 Å². The maximum atomic E-state index is 10.5. The fourth-order valence-electron chi connectivity index (χ4n) is 1.63. The van der Waals surface area contributed by atoms with Crippen LogP contribution >= 0.6 is 11.3 Å². The largest absolute Gasteiger partial charge is 0.296 e. The molecule has 0 saturated carbocycles. The Morgan fingerprint density at radius 1 is 1.31 bits per heavy atom. The van der Waals surface area contributed by atoms with Crippen LogP contribution in [0.3, 0.4) is 0 Å². The van der Waals surface area contributed by atoms with E-state index in [0.717, 1.165) is 24.1 Å². The van der Waals surface area contributed by atoms with Crippen LogP contribution in [-0.2, 0) is 12.8 Å². The predicted molar refractivity (Wildman–Crippen MR) is 66.1 cm³/mol. The van der Waals surface area contributed by atoms with Crippen LogP contribution in [0.15, 0.2) is 29.6 Å². The van der Waals surface area contributed by atoms with E-state index in [0.29, 0.717) is 5.69 Å². The van der Waals surface area contributed by atoms with Crippen LogP contribution in [0.4, 0.5) is 0 Å². The minimum Gasteiger partial charge on any atom is -0.296 e. The number of hydrogen-bond acceptors (Lipinski definition) is 3. The van der Waals surface area contributed by atoms with Crippen molar-refractivity contribution >= 4 is 17.6 Å². The molecule has 2 aromatic rings. The molecule has 0 N–H and O–H groups in total. The second-order valence-corrected chi connectivity index (χ2v) is 4.65. The third-order valence-corrected chi connectivity index (χ3v) is 3.49. The number of carbonyl (C=O) groups excluding carboxylic acids is 1. The van der Waals surface area contributed by atoms with E-state index < -0.39 is 0 Å². The van der Waals surface area contributed by atoms with Crippen LogP contribution < -0.4 is 0 Å². The lowest BCUT2D eigenvalue weighted by atomic mass is 10.0. The molecule has 1 heterocycles. The van der Waals surface area contributed by atoms with Crippen molar-refractivity contribution in [3.05, 3.63) is 51.5 Å². The van der Waals surface area contributed by atoms with Crippen molar-refractivity contribution in [1.82, 2.24) is 4.98 Å². The third kappa shape index (κ3) is 2.55. The topological polar surface area (TPSA) is 30.0 Å². The first-order valence-electron chi connectivity index (χ1n) is 5.23. The lowest BCUT2D eigenvalue weighted by Crippen LogP contribution is -1.93. The summed E-state index contributed by atoms with van der Waals surface area (Å²) >= 11 is 1.56. The van der Waals surface area contributed by atoms with Gasteiger partial charge in [0.2, 0.25) is 0 Å². The Labute approximate surface area is 99.0 Å². The predicted octanol–water partition coefficient (Wildman–Crippen LogP) is 3.05. The highest BCUT2D eigenvalue weighted by atomic mass is 32.1. The van der Waals surface area contributed by atoms with Crippen molar-refractivity contribution in [3.63, 3.8) is 0 Å². The highest BCUT2D eigenvalue weighted by molar-refractivity contribution is 7.09. The summed E-state index contributed by atoms with van der Waals surface area (Å²) < 4.78 is 0. The zero-order valence-corrected chi connectivity index (χ0v) is 9.96. The lowest BCUT2D eigenvalue weighted by molar-refractivity contribution is 0.111. The Morgan fingerprint density at radius 2 is 2.12 bits per heavy atom. The van der Waals surface area contributed by atoms with Gasteiger partial charge in [-0.15, -0.1) is 11.3 Å². The molecule has 16 heavy (non-hydrogen) atoms.